The van der Waals surface area contributed by atoms with Crippen LogP contribution in [0, 0.1) is 18.8 Å². The van der Waals surface area contributed by atoms with Gasteiger partial charge in [-0.1, -0.05) is 20.8 Å². The summed E-state index contributed by atoms with van der Waals surface area (Å²) in [4.78, 5) is 4.41. The van der Waals surface area contributed by atoms with Gasteiger partial charge < -0.3 is 5.32 Å². The molecule has 2 nitrogen and oxygen atoms in total. The predicted molar refractivity (Wildman–Crippen MR) is 62.6 cm³/mol. The molecule has 0 amide bonds. The van der Waals surface area contributed by atoms with Gasteiger partial charge in [-0.05, 0) is 25.3 Å². The molecule has 0 aromatic carbocycles. The van der Waals surface area contributed by atoms with Gasteiger partial charge in [0, 0.05) is 17.6 Å². The molecule has 1 aromatic rings. The Kier molecular flexibility index (Phi) is 4.55. The molecule has 1 unspecified atom stereocenters. The maximum Gasteiger partial charge on any atom is 0.107 e. The molecule has 3 heteroatoms. The lowest BCUT2D eigenvalue weighted by Gasteiger charge is -2.15. The van der Waals surface area contributed by atoms with Crippen molar-refractivity contribution in [3.8, 4) is 0 Å². The molecule has 1 atom stereocenters. The van der Waals surface area contributed by atoms with E-state index in [4.69, 9.17) is 0 Å². The molecule has 0 fully saturated rings. The molecule has 1 heterocycles. The van der Waals surface area contributed by atoms with E-state index in [-0.39, 0.29) is 0 Å². The van der Waals surface area contributed by atoms with E-state index in [1.54, 1.807) is 11.3 Å². The van der Waals surface area contributed by atoms with Gasteiger partial charge in [0.15, 0.2) is 0 Å². The first-order chi connectivity index (χ1) is 6.59. The fourth-order valence-corrected chi connectivity index (χ4v) is 1.87. The second kappa shape index (κ2) is 5.47. The van der Waals surface area contributed by atoms with Crippen LogP contribution in [0.3, 0.4) is 0 Å². The highest BCUT2D eigenvalue weighted by Crippen LogP contribution is 2.10. The Balaban J connectivity index is 2.22. The molecular formula is C11H20N2S. The summed E-state index contributed by atoms with van der Waals surface area (Å²) in [5.74, 6) is 1.48. The van der Waals surface area contributed by atoms with Crippen molar-refractivity contribution < 1.29 is 0 Å². The van der Waals surface area contributed by atoms with Crippen LogP contribution >= 0.6 is 11.3 Å². The third-order valence-corrected chi connectivity index (χ3v) is 3.51. The van der Waals surface area contributed by atoms with Crippen molar-refractivity contribution in [2.24, 2.45) is 11.8 Å². The summed E-state index contributed by atoms with van der Waals surface area (Å²) in [5, 5.41) is 6.74. The van der Waals surface area contributed by atoms with Crippen LogP contribution in [0.4, 0.5) is 0 Å². The summed E-state index contributed by atoms with van der Waals surface area (Å²) in [6.45, 7) is 10.8. The maximum absolute atomic E-state index is 4.41. The van der Waals surface area contributed by atoms with E-state index in [0.29, 0.717) is 0 Å². The Morgan fingerprint density at radius 3 is 2.64 bits per heavy atom. The minimum absolute atomic E-state index is 0.732. The van der Waals surface area contributed by atoms with Crippen molar-refractivity contribution in [3.05, 3.63) is 16.1 Å². The van der Waals surface area contributed by atoms with Crippen molar-refractivity contribution in [2.45, 2.75) is 34.2 Å². The minimum atomic E-state index is 0.732. The number of nitrogens with zero attached hydrogens (tertiary/aromatic N) is 1. The van der Waals surface area contributed by atoms with Crippen molar-refractivity contribution in [2.75, 3.05) is 6.54 Å². The summed E-state index contributed by atoms with van der Waals surface area (Å²) < 4.78 is 0. The number of thiazole rings is 1. The molecule has 0 aliphatic carbocycles. The van der Waals surface area contributed by atoms with Gasteiger partial charge in [-0.2, -0.15) is 0 Å². The fourth-order valence-electron chi connectivity index (χ4n) is 1.13. The van der Waals surface area contributed by atoms with Gasteiger partial charge in [-0.25, -0.2) is 4.98 Å². The van der Waals surface area contributed by atoms with E-state index in [1.165, 1.54) is 5.01 Å². The van der Waals surface area contributed by atoms with Gasteiger partial charge in [-0.15, -0.1) is 11.3 Å². The lowest BCUT2D eigenvalue weighted by Crippen LogP contribution is -2.23. The molecule has 0 aliphatic heterocycles. The van der Waals surface area contributed by atoms with Crippen LogP contribution in [-0.2, 0) is 6.54 Å². The number of hydrogen-bond acceptors (Lipinski definition) is 3. The lowest BCUT2D eigenvalue weighted by molar-refractivity contribution is 0.392. The first-order valence-corrected chi connectivity index (χ1v) is 6.09. The Morgan fingerprint density at radius 2 is 2.14 bits per heavy atom. The van der Waals surface area contributed by atoms with E-state index >= 15 is 0 Å². The van der Waals surface area contributed by atoms with Crippen molar-refractivity contribution in [3.63, 3.8) is 0 Å². The highest BCUT2D eigenvalue weighted by Gasteiger charge is 2.06. The molecule has 0 saturated carbocycles. The van der Waals surface area contributed by atoms with E-state index in [1.807, 2.05) is 6.92 Å². The number of aryl methyl sites for hydroxylation is 1. The molecule has 1 rings (SSSR count). The molecule has 1 aromatic heterocycles. The number of hydrogen-bond donors (Lipinski definition) is 1. The zero-order valence-electron chi connectivity index (χ0n) is 9.50. The minimum Gasteiger partial charge on any atom is -0.310 e. The third kappa shape index (κ3) is 3.76. The standard InChI is InChI=1S/C11H20N2S/c1-8(2)9(3)5-12-6-11-13-10(4)7-14-11/h7-9,12H,5-6H2,1-4H3. The first kappa shape index (κ1) is 11.7. The smallest absolute Gasteiger partial charge is 0.107 e. The van der Waals surface area contributed by atoms with Gasteiger partial charge in [0.2, 0.25) is 0 Å². The largest absolute Gasteiger partial charge is 0.310 e. The average Bonchev–Trinajstić information content (AvgIpc) is 2.51. The summed E-state index contributed by atoms with van der Waals surface area (Å²) in [5.41, 5.74) is 1.13. The second-order valence-corrected chi connectivity index (χ2v) is 5.18. The molecule has 80 valence electrons. The Hall–Kier alpha value is -0.410. The normalized spacial score (nSPS) is 13.5. The summed E-state index contributed by atoms with van der Waals surface area (Å²) in [7, 11) is 0. The van der Waals surface area contributed by atoms with Crippen LogP contribution in [0.15, 0.2) is 5.38 Å². The van der Waals surface area contributed by atoms with E-state index < -0.39 is 0 Å². The van der Waals surface area contributed by atoms with Crippen LogP contribution in [0.1, 0.15) is 31.5 Å². The zero-order chi connectivity index (χ0) is 10.6. The fraction of sp³-hybridized carbons (Fsp3) is 0.727. The molecular weight excluding hydrogens is 192 g/mol. The first-order valence-electron chi connectivity index (χ1n) is 5.21. The van der Waals surface area contributed by atoms with Crippen LogP contribution in [0.25, 0.3) is 0 Å². The van der Waals surface area contributed by atoms with Crippen LogP contribution in [-0.4, -0.2) is 11.5 Å². The summed E-state index contributed by atoms with van der Waals surface area (Å²) in [6.07, 6.45) is 0. The van der Waals surface area contributed by atoms with E-state index in [0.717, 1.165) is 30.6 Å². The second-order valence-electron chi connectivity index (χ2n) is 4.23. The molecule has 14 heavy (non-hydrogen) atoms. The van der Waals surface area contributed by atoms with Crippen molar-refractivity contribution in [1.29, 1.82) is 0 Å². The predicted octanol–water partition coefficient (Wildman–Crippen LogP) is 2.83. The van der Waals surface area contributed by atoms with E-state index in [9.17, 15) is 0 Å². The summed E-state index contributed by atoms with van der Waals surface area (Å²) >= 11 is 1.74. The zero-order valence-corrected chi connectivity index (χ0v) is 10.3. The molecule has 0 aliphatic rings. The molecule has 0 saturated heterocycles. The maximum atomic E-state index is 4.41. The van der Waals surface area contributed by atoms with Gasteiger partial charge in [0.1, 0.15) is 5.01 Å². The monoisotopic (exact) mass is 212 g/mol. The Bertz CT molecular complexity index is 268. The molecule has 0 spiro atoms. The highest BCUT2D eigenvalue weighted by molar-refractivity contribution is 7.09. The molecule has 0 bridgehead atoms. The third-order valence-electron chi connectivity index (χ3n) is 2.55. The molecule has 0 radical (unpaired) electrons. The quantitative estimate of drug-likeness (QED) is 0.812. The summed E-state index contributed by atoms with van der Waals surface area (Å²) in [6, 6.07) is 0. The van der Waals surface area contributed by atoms with Gasteiger partial charge in [0.05, 0.1) is 0 Å². The van der Waals surface area contributed by atoms with Gasteiger partial charge in [-0.3, -0.25) is 0 Å². The Morgan fingerprint density at radius 1 is 1.43 bits per heavy atom. The average molecular weight is 212 g/mol. The van der Waals surface area contributed by atoms with Gasteiger partial charge >= 0.3 is 0 Å². The highest BCUT2D eigenvalue weighted by atomic mass is 32.1. The number of nitrogens with one attached hydrogen (secondary N) is 1. The topological polar surface area (TPSA) is 24.9 Å². The Labute approximate surface area is 90.8 Å². The van der Waals surface area contributed by atoms with Crippen LogP contribution in [0.2, 0.25) is 0 Å². The van der Waals surface area contributed by atoms with Crippen molar-refractivity contribution in [1.82, 2.24) is 10.3 Å². The number of rotatable bonds is 5. The molecule has 1 N–H and O–H groups in total. The van der Waals surface area contributed by atoms with Gasteiger partial charge in [0.25, 0.3) is 0 Å². The lowest BCUT2D eigenvalue weighted by atomic mass is 9.98. The SMILES string of the molecule is Cc1csc(CNCC(C)C(C)C)n1. The van der Waals surface area contributed by atoms with Crippen LogP contribution in [0.5, 0.6) is 0 Å². The van der Waals surface area contributed by atoms with Crippen molar-refractivity contribution >= 4 is 11.3 Å². The van der Waals surface area contributed by atoms with E-state index in [2.05, 4.69) is 36.5 Å². The number of aromatic nitrogens is 1. The van der Waals surface area contributed by atoms with Crippen LogP contribution < -0.4 is 5.32 Å².